The molecule has 18 heavy (non-hydrogen) atoms. The molecule has 92 valence electrons. The molecule has 1 aliphatic heterocycles. The smallest absolute Gasteiger partial charge is 0.335 e. The van der Waals surface area contributed by atoms with Gasteiger partial charge in [-0.2, -0.15) is 5.10 Å². The van der Waals surface area contributed by atoms with Crippen molar-refractivity contribution in [2.45, 2.75) is 13.0 Å². The van der Waals surface area contributed by atoms with Gasteiger partial charge in [0.2, 0.25) is 0 Å². The van der Waals surface area contributed by atoms with Gasteiger partial charge in [0.15, 0.2) is 0 Å². The first kappa shape index (κ1) is 11.0. The number of aromatic carboxylic acids is 1. The number of carboxylic acids is 1. The van der Waals surface area contributed by atoms with Crippen LogP contribution in [0.2, 0.25) is 0 Å². The number of benzene rings is 1. The fraction of sp³-hybridized carbons (Fsp3) is 0.231. The van der Waals surface area contributed by atoms with Gasteiger partial charge in [0.25, 0.3) is 0 Å². The summed E-state index contributed by atoms with van der Waals surface area (Å²) in [7, 11) is 0. The van der Waals surface area contributed by atoms with Gasteiger partial charge in [-0.1, -0.05) is 6.07 Å². The number of hydrogen-bond donors (Lipinski definition) is 2. The highest BCUT2D eigenvalue weighted by atomic mass is 16.4. The molecule has 1 aliphatic rings. The number of fused-ring (bicyclic) bond motifs is 1. The van der Waals surface area contributed by atoms with Crippen LogP contribution in [0.25, 0.3) is 5.69 Å². The van der Waals surface area contributed by atoms with E-state index in [1.807, 2.05) is 16.9 Å². The molecule has 0 aliphatic carbocycles. The Morgan fingerprint density at radius 3 is 3.17 bits per heavy atom. The maximum Gasteiger partial charge on any atom is 0.335 e. The molecule has 1 aromatic heterocycles. The van der Waals surface area contributed by atoms with E-state index >= 15 is 0 Å². The van der Waals surface area contributed by atoms with Crippen LogP contribution in [0.15, 0.2) is 30.5 Å². The number of nitrogens with zero attached hydrogens (tertiary/aromatic N) is 2. The summed E-state index contributed by atoms with van der Waals surface area (Å²) in [6, 6.07) is 6.86. The molecule has 0 saturated heterocycles. The van der Waals surface area contributed by atoms with Crippen LogP contribution in [0.1, 0.15) is 21.6 Å². The van der Waals surface area contributed by atoms with Crippen molar-refractivity contribution in [3.05, 3.63) is 47.3 Å². The zero-order chi connectivity index (χ0) is 12.5. The highest BCUT2D eigenvalue weighted by molar-refractivity contribution is 5.88. The first-order valence-electron chi connectivity index (χ1n) is 5.86. The normalized spacial score (nSPS) is 14.2. The van der Waals surface area contributed by atoms with E-state index in [1.165, 1.54) is 5.56 Å². The predicted molar refractivity (Wildman–Crippen MR) is 65.9 cm³/mol. The summed E-state index contributed by atoms with van der Waals surface area (Å²) >= 11 is 0. The lowest BCUT2D eigenvalue weighted by Crippen LogP contribution is -2.24. The Morgan fingerprint density at radius 2 is 2.33 bits per heavy atom. The summed E-state index contributed by atoms with van der Waals surface area (Å²) in [4.78, 5) is 11.0. The van der Waals surface area contributed by atoms with Crippen LogP contribution in [0, 0.1) is 0 Å². The van der Waals surface area contributed by atoms with E-state index in [0.29, 0.717) is 0 Å². The molecule has 3 rings (SSSR count). The van der Waals surface area contributed by atoms with Crippen molar-refractivity contribution < 1.29 is 9.90 Å². The van der Waals surface area contributed by atoms with E-state index < -0.39 is 5.97 Å². The van der Waals surface area contributed by atoms with Gasteiger partial charge in [0.1, 0.15) is 0 Å². The highest BCUT2D eigenvalue weighted by Crippen LogP contribution is 2.18. The summed E-state index contributed by atoms with van der Waals surface area (Å²) in [5.74, 6) is -0.917. The SMILES string of the molecule is O=C(O)c1cccc(-n2ncc3c2CCNC3)c1. The van der Waals surface area contributed by atoms with E-state index in [0.717, 1.165) is 30.9 Å². The predicted octanol–water partition coefficient (Wildman–Crippen LogP) is 1.22. The molecular weight excluding hydrogens is 230 g/mol. The lowest BCUT2D eigenvalue weighted by Gasteiger charge is -2.15. The average Bonchev–Trinajstić information content (AvgIpc) is 2.82. The Balaban J connectivity index is 2.07. The van der Waals surface area contributed by atoms with Gasteiger partial charge in [0.05, 0.1) is 17.4 Å². The van der Waals surface area contributed by atoms with Crippen LogP contribution in [-0.4, -0.2) is 27.4 Å². The van der Waals surface area contributed by atoms with Gasteiger partial charge in [-0.3, -0.25) is 0 Å². The van der Waals surface area contributed by atoms with Crippen LogP contribution < -0.4 is 5.32 Å². The molecule has 5 heteroatoms. The molecule has 5 nitrogen and oxygen atoms in total. The second-order valence-electron chi connectivity index (χ2n) is 4.31. The molecule has 2 aromatic rings. The second kappa shape index (κ2) is 4.27. The highest BCUT2D eigenvalue weighted by Gasteiger charge is 2.16. The van der Waals surface area contributed by atoms with Crippen molar-refractivity contribution in [2.75, 3.05) is 6.54 Å². The van der Waals surface area contributed by atoms with Gasteiger partial charge < -0.3 is 10.4 Å². The molecule has 0 radical (unpaired) electrons. The summed E-state index contributed by atoms with van der Waals surface area (Å²) in [5, 5.41) is 16.6. The maximum atomic E-state index is 11.0. The lowest BCUT2D eigenvalue weighted by molar-refractivity contribution is 0.0697. The van der Waals surface area contributed by atoms with Crippen molar-refractivity contribution in [3.63, 3.8) is 0 Å². The quantitative estimate of drug-likeness (QED) is 0.832. The van der Waals surface area contributed by atoms with E-state index in [-0.39, 0.29) is 5.56 Å². The third-order valence-corrected chi connectivity index (χ3v) is 3.15. The number of carbonyl (C=O) groups is 1. The Bertz CT molecular complexity index is 604. The van der Waals surface area contributed by atoms with Gasteiger partial charge in [0, 0.05) is 30.8 Å². The summed E-state index contributed by atoms with van der Waals surface area (Å²) in [6.07, 6.45) is 2.75. The molecule has 0 amide bonds. The van der Waals surface area contributed by atoms with Crippen LogP contribution in [-0.2, 0) is 13.0 Å². The third-order valence-electron chi connectivity index (χ3n) is 3.15. The van der Waals surface area contributed by atoms with Crippen LogP contribution in [0.5, 0.6) is 0 Å². The van der Waals surface area contributed by atoms with Crippen molar-refractivity contribution in [3.8, 4) is 5.69 Å². The van der Waals surface area contributed by atoms with Crippen molar-refractivity contribution in [1.29, 1.82) is 0 Å². The third kappa shape index (κ3) is 1.78. The van der Waals surface area contributed by atoms with Crippen molar-refractivity contribution in [2.24, 2.45) is 0 Å². The molecule has 2 heterocycles. The van der Waals surface area contributed by atoms with E-state index in [1.54, 1.807) is 18.2 Å². The first-order chi connectivity index (χ1) is 8.75. The lowest BCUT2D eigenvalue weighted by atomic mass is 10.1. The Hall–Kier alpha value is -2.14. The van der Waals surface area contributed by atoms with Gasteiger partial charge in [-0.25, -0.2) is 9.48 Å². The summed E-state index contributed by atoms with van der Waals surface area (Å²) < 4.78 is 1.84. The van der Waals surface area contributed by atoms with Crippen molar-refractivity contribution >= 4 is 5.97 Å². The fourth-order valence-electron chi connectivity index (χ4n) is 2.24. The van der Waals surface area contributed by atoms with Crippen LogP contribution in [0.3, 0.4) is 0 Å². The fourth-order valence-corrected chi connectivity index (χ4v) is 2.24. The van der Waals surface area contributed by atoms with Gasteiger partial charge >= 0.3 is 5.97 Å². The Labute approximate surface area is 104 Å². The molecule has 2 N–H and O–H groups in total. The first-order valence-corrected chi connectivity index (χ1v) is 5.86. The second-order valence-corrected chi connectivity index (χ2v) is 4.31. The zero-order valence-corrected chi connectivity index (χ0v) is 9.76. The standard InChI is InChI=1S/C13H13N3O2/c17-13(18)9-2-1-3-11(6-9)16-12-4-5-14-7-10(12)8-15-16/h1-3,6,8,14H,4-5,7H2,(H,17,18). The molecule has 0 fully saturated rings. The Kier molecular flexibility index (Phi) is 2.60. The molecule has 0 bridgehead atoms. The van der Waals surface area contributed by atoms with Gasteiger partial charge in [-0.15, -0.1) is 0 Å². The zero-order valence-electron chi connectivity index (χ0n) is 9.76. The number of nitrogens with one attached hydrogen (secondary N) is 1. The number of aromatic nitrogens is 2. The van der Waals surface area contributed by atoms with E-state index in [9.17, 15) is 4.79 Å². The largest absolute Gasteiger partial charge is 0.478 e. The maximum absolute atomic E-state index is 11.0. The van der Waals surface area contributed by atoms with Crippen molar-refractivity contribution in [1.82, 2.24) is 15.1 Å². The summed E-state index contributed by atoms with van der Waals surface area (Å²) in [5.41, 5.74) is 3.43. The summed E-state index contributed by atoms with van der Waals surface area (Å²) in [6.45, 7) is 1.76. The molecule has 0 atom stereocenters. The minimum absolute atomic E-state index is 0.283. The monoisotopic (exact) mass is 243 g/mol. The minimum atomic E-state index is -0.917. The number of hydrogen-bond acceptors (Lipinski definition) is 3. The number of carboxylic acid groups (broad SMARTS) is 1. The van der Waals surface area contributed by atoms with E-state index in [4.69, 9.17) is 5.11 Å². The molecule has 0 unspecified atom stereocenters. The molecule has 0 spiro atoms. The van der Waals surface area contributed by atoms with Crippen LogP contribution >= 0.6 is 0 Å². The van der Waals surface area contributed by atoms with E-state index in [2.05, 4.69) is 10.4 Å². The Morgan fingerprint density at radius 1 is 1.44 bits per heavy atom. The number of rotatable bonds is 2. The van der Waals surface area contributed by atoms with Gasteiger partial charge in [-0.05, 0) is 18.2 Å². The topological polar surface area (TPSA) is 67.1 Å². The molecule has 1 aromatic carbocycles. The molecule has 0 saturated carbocycles. The van der Waals surface area contributed by atoms with Crippen LogP contribution in [0.4, 0.5) is 0 Å². The minimum Gasteiger partial charge on any atom is -0.478 e. The molecular formula is C13H13N3O2. The average molecular weight is 243 g/mol.